The van der Waals surface area contributed by atoms with Gasteiger partial charge in [0, 0.05) is 18.3 Å². The van der Waals surface area contributed by atoms with Crippen LogP contribution in [0.2, 0.25) is 5.02 Å². The molecule has 0 spiro atoms. The first kappa shape index (κ1) is 17.0. The van der Waals surface area contributed by atoms with Gasteiger partial charge < -0.3 is 10.1 Å². The number of nitrogens with one attached hydrogen (secondary N) is 1. The first-order chi connectivity index (χ1) is 12.2. The number of carbonyl (C=O) groups excluding carboxylic acids is 1. The fourth-order valence-electron chi connectivity index (χ4n) is 2.44. The third-order valence-corrected chi connectivity index (χ3v) is 4.03. The molecule has 0 saturated carbocycles. The maximum atomic E-state index is 12.1. The molecule has 1 amide bonds. The van der Waals surface area contributed by atoms with Crippen molar-refractivity contribution >= 4 is 23.2 Å². The highest BCUT2D eigenvalue weighted by atomic mass is 35.5. The Kier molecular flexibility index (Phi) is 5.36. The first-order valence-electron chi connectivity index (χ1n) is 7.88. The zero-order valence-corrected chi connectivity index (χ0v) is 14.5. The molecule has 25 heavy (non-hydrogen) atoms. The lowest BCUT2D eigenvalue weighted by atomic mass is 10.2. The lowest BCUT2D eigenvalue weighted by Crippen LogP contribution is -2.12. The minimum absolute atomic E-state index is 0.0753. The predicted octanol–water partition coefficient (Wildman–Crippen LogP) is 4.11. The van der Waals surface area contributed by atoms with Gasteiger partial charge in [-0.3, -0.25) is 4.79 Å². The zero-order chi connectivity index (χ0) is 17.6. The van der Waals surface area contributed by atoms with Crippen LogP contribution in [0.5, 0.6) is 5.75 Å². The Morgan fingerprint density at radius 1 is 1.24 bits per heavy atom. The number of benzene rings is 2. The minimum Gasteiger partial charge on any atom is -0.495 e. The molecule has 3 aromatic rings. The van der Waals surface area contributed by atoms with E-state index in [1.807, 2.05) is 36.5 Å². The van der Waals surface area contributed by atoms with Crippen LogP contribution in [0.25, 0.3) is 5.69 Å². The molecule has 1 heterocycles. The number of methoxy groups -OCH3 is 1. The Morgan fingerprint density at radius 3 is 2.76 bits per heavy atom. The van der Waals surface area contributed by atoms with Gasteiger partial charge in [0.25, 0.3) is 0 Å². The van der Waals surface area contributed by atoms with Crippen molar-refractivity contribution in [2.75, 3.05) is 12.4 Å². The van der Waals surface area contributed by atoms with Crippen molar-refractivity contribution in [1.82, 2.24) is 9.78 Å². The Balaban J connectivity index is 1.56. The van der Waals surface area contributed by atoms with E-state index in [1.54, 1.807) is 36.2 Å². The largest absolute Gasteiger partial charge is 0.495 e. The van der Waals surface area contributed by atoms with Gasteiger partial charge in [-0.2, -0.15) is 5.10 Å². The summed E-state index contributed by atoms with van der Waals surface area (Å²) in [5, 5.41) is 7.63. The first-order valence-corrected chi connectivity index (χ1v) is 8.26. The van der Waals surface area contributed by atoms with Crippen molar-refractivity contribution < 1.29 is 9.53 Å². The molecule has 0 aliphatic carbocycles. The molecule has 0 fully saturated rings. The van der Waals surface area contributed by atoms with Crippen molar-refractivity contribution in [2.45, 2.75) is 12.8 Å². The average molecular weight is 356 g/mol. The molecule has 5 nitrogen and oxygen atoms in total. The van der Waals surface area contributed by atoms with Crippen molar-refractivity contribution in [1.29, 1.82) is 0 Å². The number of anilines is 1. The van der Waals surface area contributed by atoms with E-state index in [2.05, 4.69) is 10.4 Å². The van der Waals surface area contributed by atoms with Crippen LogP contribution in [0.15, 0.2) is 60.9 Å². The van der Waals surface area contributed by atoms with Gasteiger partial charge in [0.1, 0.15) is 5.75 Å². The molecule has 0 radical (unpaired) electrons. The van der Waals surface area contributed by atoms with Crippen molar-refractivity contribution in [3.63, 3.8) is 0 Å². The van der Waals surface area contributed by atoms with Crippen LogP contribution >= 0.6 is 11.6 Å². The molecule has 128 valence electrons. The number of aryl methyl sites for hydroxylation is 1. The van der Waals surface area contributed by atoms with Crippen molar-refractivity contribution in [3.8, 4) is 11.4 Å². The van der Waals surface area contributed by atoms with Crippen LogP contribution in [-0.4, -0.2) is 22.8 Å². The summed E-state index contributed by atoms with van der Waals surface area (Å²) in [4.78, 5) is 12.1. The number of hydrogen-bond donors (Lipinski definition) is 1. The fourth-order valence-corrected chi connectivity index (χ4v) is 2.69. The van der Waals surface area contributed by atoms with Crippen LogP contribution in [0, 0.1) is 0 Å². The third-order valence-electron chi connectivity index (χ3n) is 3.73. The molecular formula is C19H18ClN3O2. The van der Waals surface area contributed by atoms with E-state index in [-0.39, 0.29) is 5.91 Å². The molecule has 0 bridgehead atoms. The standard InChI is InChI=1S/C19H18ClN3O2/c1-25-18-9-8-15(11-17(18)20)22-19(24)10-7-14-12-21-23(13-14)16-5-3-2-4-6-16/h2-6,8-9,11-13H,7,10H2,1H3,(H,22,24). The highest BCUT2D eigenvalue weighted by Gasteiger charge is 2.07. The Hall–Kier alpha value is -2.79. The van der Waals surface area contributed by atoms with Crippen LogP contribution < -0.4 is 10.1 Å². The van der Waals surface area contributed by atoms with Gasteiger partial charge in [-0.25, -0.2) is 4.68 Å². The maximum Gasteiger partial charge on any atom is 0.224 e. The molecule has 0 unspecified atom stereocenters. The van der Waals surface area contributed by atoms with E-state index < -0.39 is 0 Å². The number of ether oxygens (including phenoxy) is 1. The molecule has 0 aliphatic rings. The molecule has 6 heteroatoms. The highest BCUT2D eigenvalue weighted by Crippen LogP contribution is 2.27. The Labute approximate surface area is 151 Å². The lowest BCUT2D eigenvalue weighted by Gasteiger charge is -2.07. The second-order valence-corrected chi connectivity index (χ2v) is 5.93. The Morgan fingerprint density at radius 2 is 2.04 bits per heavy atom. The summed E-state index contributed by atoms with van der Waals surface area (Å²) in [6, 6.07) is 15.0. The number of nitrogens with zero attached hydrogens (tertiary/aromatic N) is 2. The van der Waals surface area contributed by atoms with E-state index in [0.29, 0.717) is 29.3 Å². The smallest absolute Gasteiger partial charge is 0.224 e. The summed E-state index contributed by atoms with van der Waals surface area (Å²) in [7, 11) is 1.55. The summed E-state index contributed by atoms with van der Waals surface area (Å²) in [5.41, 5.74) is 2.65. The normalized spacial score (nSPS) is 10.5. The zero-order valence-electron chi connectivity index (χ0n) is 13.8. The van der Waals surface area contributed by atoms with Gasteiger partial charge >= 0.3 is 0 Å². The number of rotatable bonds is 6. The number of hydrogen-bond acceptors (Lipinski definition) is 3. The molecule has 0 atom stereocenters. The van der Waals surface area contributed by atoms with Crippen LogP contribution in [0.1, 0.15) is 12.0 Å². The monoisotopic (exact) mass is 355 g/mol. The summed E-state index contributed by atoms with van der Waals surface area (Å²) in [6.45, 7) is 0. The number of halogens is 1. The highest BCUT2D eigenvalue weighted by molar-refractivity contribution is 6.32. The molecular weight excluding hydrogens is 338 g/mol. The number of aromatic nitrogens is 2. The molecule has 2 aromatic carbocycles. The van der Waals surface area contributed by atoms with Gasteiger partial charge in [0.2, 0.25) is 5.91 Å². The van der Waals surface area contributed by atoms with Crippen LogP contribution in [-0.2, 0) is 11.2 Å². The van der Waals surface area contributed by atoms with E-state index in [1.165, 1.54) is 0 Å². The predicted molar refractivity (Wildman–Crippen MR) is 98.5 cm³/mol. The summed E-state index contributed by atoms with van der Waals surface area (Å²) in [6.07, 6.45) is 4.70. The SMILES string of the molecule is COc1ccc(NC(=O)CCc2cnn(-c3ccccc3)c2)cc1Cl. The number of carbonyl (C=O) groups is 1. The van der Waals surface area contributed by atoms with Gasteiger partial charge in [0.15, 0.2) is 0 Å². The van der Waals surface area contributed by atoms with Gasteiger partial charge in [0.05, 0.1) is 24.0 Å². The van der Waals surface area contributed by atoms with E-state index in [4.69, 9.17) is 16.3 Å². The number of amides is 1. The maximum absolute atomic E-state index is 12.1. The second kappa shape index (κ2) is 7.85. The Bertz CT molecular complexity index is 862. The van der Waals surface area contributed by atoms with Gasteiger partial charge in [-0.05, 0) is 42.3 Å². The third kappa shape index (κ3) is 4.39. The summed E-state index contributed by atoms with van der Waals surface area (Å²) < 4.78 is 6.90. The molecule has 3 rings (SSSR count). The molecule has 1 aromatic heterocycles. The second-order valence-electron chi connectivity index (χ2n) is 5.53. The summed E-state index contributed by atoms with van der Waals surface area (Å²) in [5.74, 6) is 0.502. The van der Waals surface area contributed by atoms with Crippen molar-refractivity contribution in [2.24, 2.45) is 0 Å². The average Bonchev–Trinajstić information content (AvgIpc) is 3.10. The lowest BCUT2D eigenvalue weighted by molar-refractivity contribution is -0.116. The molecule has 1 N–H and O–H groups in total. The quantitative estimate of drug-likeness (QED) is 0.724. The molecule has 0 aliphatic heterocycles. The summed E-state index contributed by atoms with van der Waals surface area (Å²) >= 11 is 6.06. The van der Waals surface area contributed by atoms with Crippen LogP contribution in [0.3, 0.4) is 0 Å². The van der Waals surface area contributed by atoms with E-state index in [0.717, 1.165) is 11.3 Å². The fraction of sp³-hybridized carbons (Fsp3) is 0.158. The topological polar surface area (TPSA) is 56.1 Å². The van der Waals surface area contributed by atoms with Gasteiger partial charge in [-0.15, -0.1) is 0 Å². The van der Waals surface area contributed by atoms with Crippen LogP contribution in [0.4, 0.5) is 5.69 Å². The minimum atomic E-state index is -0.0753. The van der Waals surface area contributed by atoms with E-state index in [9.17, 15) is 4.79 Å². The molecule has 0 saturated heterocycles. The number of para-hydroxylation sites is 1. The van der Waals surface area contributed by atoms with Gasteiger partial charge in [-0.1, -0.05) is 29.8 Å². The van der Waals surface area contributed by atoms with Crippen molar-refractivity contribution in [3.05, 3.63) is 71.5 Å². The van der Waals surface area contributed by atoms with E-state index >= 15 is 0 Å².